The molecule has 0 unspecified atom stereocenters. The van der Waals surface area contributed by atoms with Crippen molar-refractivity contribution in [2.75, 3.05) is 0 Å². The number of carbonyl (C=O) groups is 1. The van der Waals surface area contributed by atoms with Crippen LogP contribution in [0.15, 0.2) is 23.4 Å². The number of Topliss-reactive ketones (excluding diaryl/α,β-unsaturated/α-hetero) is 1. The highest BCUT2D eigenvalue weighted by Gasteiger charge is 2.08. The number of hydrogen-bond donors (Lipinski definition) is 0. The van der Waals surface area contributed by atoms with E-state index in [4.69, 9.17) is 0 Å². The van der Waals surface area contributed by atoms with E-state index in [0.29, 0.717) is 0 Å². The third kappa shape index (κ3) is 1.53. The van der Waals surface area contributed by atoms with Crippen LogP contribution in [-0.2, 0) is 0 Å². The Morgan fingerprint density at radius 2 is 2.17 bits per heavy atom. The van der Waals surface area contributed by atoms with Crippen molar-refractivity contribution in [1.29, 1.82) is 0 Å². The lowest BCUT2D eigenvalue weighted by Gasteiger charge is -1.97. The van der Waals surface area contributed by atoms with Crippen molar-refractivity contribution < 1.29 is 9.18 Å². The molecule has 1 aromatic rings. The maximum atomic E-state index is 12.5. The van der Waals surface area contributed by atoms with Crippen molar-refractivity contribution >= 4 is 11.5 Å². The molecule has 0 radical (unpaired) electrons. The van der Waals surface area contributed by atoms with Crippen molar-refractivity contribution in [2.45, 2.75) is 6.92 Å². The number of nitrogens with zero attached hydrogens (tertiary/aromatic N) is 1. The zero-order valence-electron chi connectivity index (χ0n) is 6.37. The van der Waals surface area contributed by atoms with Crippen LogP contribution in [0.5, 0.6) is 0 Å². The summed E-state index contributed by atoms with van der Waals surface area (Å²) in [4.78, 5) is 20.9. The Hall–Kier alpha value is -1.58. The predicted octanol–water partition coefficient (Wildman–Crippen LogP) is 2.43. The molecular formula is C8H6FNO2. The van der Waals surface area contributed by atoms with Gasteiger partial charge in [-0.2, -0.15) is 0 Å². The average molecular weight is 167 g/mol. The second-order valence-corrected chi connectivity index (χ2v) is 2.31. The third-order valence-corrected chi connectivity index (χ3v) is 1.44. The molecule has 0 aliphatic heterocycles. The SMILES string of the molecule is CC(=O)c1cc(F)ccc1N=O. The second-order valence-electron chi connectivity index (χ2n) is 2.31. The van der Waals surface area contributed by atoms with Gasteiger partial charge in [0.1, 0.15) is 11.5 Å². The molecular weight excluding hydrogens is 161 g/mol. The Morgan fingerprint density at radius 3 is 2.67 bits per heavy atom. The first-order valence-electron chi connectivity index (χ1n) is 3.29. The number of nitroso groups, excluding NO2 is 1. The molecule has 0 heterocycles. The predicted molar refractivity (Wildman–Crippen MR) is 41.9 cm³/mol. The number of benzene rings is 1. The van der Waals surface area contributed by atoms with E-state index in [1.165, 1.54) is 13.0 Å². The van der Waals surface area contributed by atoms with Crippen LogP contribution in [0.1, 0.15) is 17.3 Å². The van der Waals surface area contributed by atoms with Crippen LogP contribution < -0.4 is 0 Å². The maximum absolute atomic E-state index is 12.5. The van der Waals surface area contributed by atoms with Crippen LogP contribution in [0, 0.1) is 10.7 Å². The molecule has 62 valence electrons. The van der Waals surface area contributed by atoms with Crippen molar-refractivity contribution in [3.63, 3.8) is 0 Å². The Bertz CT molecular complexity index is 336. The lowest BCUT2D eigenvalue weighted by molar-refractivity contribution is 0.101. The number of halogens is 1. The second kappa shape index (κ2) is 3.21. The molecule has 0 fully saturated rings. The Balaban J connectivity index is 3.30. The summed E-state index contributed by atoms with van der Waals surface area (Å²) in [5, 5.41) is 2.60. The summed E-state index contributed by atoms with van der Waals surface area (Å²) < 4.78 is 12.5. The first-order chi connectivity index (χ1) is 5.65. The van der Waals surface area contributed by atoms with Gasteiger partial charge >= 0.3 is 0 Å². The molecule has 0 aliphatic rings. The summed E-state index contributed by atoms with van der Waals surface area (Å²) in [5.41, 5.74) is -0.00565. The molecule has 0 amide bonds. The smallest absolute Gasteiger partial charge is 0.162 e. The Labute approximate surface area is 68.2 Å². The van der Waals surface area contributed by atoms with Crippen LogP contribution in [-0.4, -0.2) is 5.78 Å². The van der Waals surface area contributed by atoms with Gasteiger partial charge < -0.3 is 0 Å². The van der Waals surface area contributed by atoms with Crippen LogP contribution in [0.25, 0.3) is 0 Å². The maximum Gasteiger partial charge on any atom is 0.162 e. The molecule has 0 aromatic heterocycles. The van der Waals surface area contributed by atoms with Gasteiger partial charge in [-0.05, 0) is 30.3 Å². The van der Waals surface area contributed by atoms with Gasteiger partial charge in [0.05, 0.1) is 0 Å². The Kier molecular flexibility index (Phi) is 2.28. The van der Waals surface area contributed by atoms with Crippen molar-refractivity contribution in [2.24, 2.45) is 5.18 Å². The van der Waals surface area contributed by atoms with E-state index in [0.717, 1.165) is 12.1 Å². The highest BCUT2D eigenvalue weighted by Crippen LogP contribution is 2.19. The molecule has 0 N–H and O–H groups in total. The summed E-state index contributed by atoms with van der Waals surface area (Å²) >= 11 is 0. The monoisotopic (exact) mass is 167 g/mol. The Morgan fingerprint density at radius 1 is 1.50 bits per heavy atom. The minimum absolute atomic E-state index is 0.0185. The number of ketones is 1. The van der Waals surface area contributed by atoms with Crippen LogP contribution in [0.4, 0.5) is 10.1 Å². The molecule has 0 aliphatic carbocycles. The fourth-order valence-corrected chi connectivity index (χ4v) is 0.870. The van der Waals surface area contributed by atoms with E-state index in [1.54, 1.807) is 0 Å². The van der Waals surface area contributed by atoms with E-state index in [2.05, 4.69) is 5.18 Å². The van der Waals surface area contributed by atoms with E-state index >= 15 is 0 Å². The van der Waals surface area contributed by atoms with Gasteiger partial charge in [0, 0.05) is 5.56 Å². The quantitative estimate of drug-likeness (QED) is 0.501. The molecule has 1 aromatic carbocycles. The highest BCUT2D eigenvalue weighted by molar-refractivity contribution is 5.98. The van der Waals surface area contributed by atoms with Gasteiger partial charge in [0.2, 0.25) is 0 Å². The first-order valence-corrected chi connectivity index (χ1v) is 3.29. The summed E-state index contributed by atoms with van der Waals surface area (Å²) in [6.45, 7) is 1.25. The number of rotatable bonds is 2. The van der Waals surface area contributed by atoms with Crippen molar-refractivity contribution in [1.82, 2.24) is 0 Å². The van der Waals surface area contributed by atoms with Crippen LogP contribution in [0.2, 0.25) is 0 Å². The van der Waals surface area contributed by atoms with Gasteiger partial charge in [0.15, 0.2) is 5.78 Å². The molecule has 0 saturated carbocycles. The van der Waals surface area contributed by atoms with Gasteiger partial charge in [-0.25, -0.2) is 4.39 Å². The lowest BCUT2D eigenvalue weighted by atomic mass is 10.1. The number of hydrogen-bond acceptors (Lipinski definition) is 3. The van der Waals surface area contributed by atoms with Gasteiger partial charge in [-0.1, -0.05) is 0 Å². The summed E-state index contributed by atoms with van der Waals surface area (Å²) in [5.74, 6) is -0.920. The molecule has 12 heavy (non-hydrogen) atoms. The summed E-state index contributed by atoms with van der Waals surface area (Å²) in [6, 6.07) is 3.27. The zero-order valence-corrected chi connectivity index (χ0v) is 6.37. The minimum Gasteiger partial charge on any atom is -0.294 e. The topological polar surface area (TPSA) is 46.5 Å². The molecule has 0 spiro atoms. The normalized spacial score (nSPS) is 9.50. The molecule has 0 saturated heterocycles. The summed E-state index contributed by atoms with van der Waals surface area (Å²) in [7, 11) is 0. The van der Waals surface area contributed by atoms with E-state index in [9.17, 15) is 14.1 Å². The van der Waals surface area contributed by atoms with Crippen molar-refractivity contribution in [3.8, 4) is 0 Å². The fourth-order valence-electron chi connectivity index (χ4n) is 0.870. The first kappa shape index (κ1) is 8.52. The summed E-state index contributed by atoms with van der Waals surface area (Å²) in [6.07, 6.45) is 0. The van der Waals surface area contributed by atoms with Crippen LogP contribution in [0.3, 0.4) is 0 Å². The molecule has 3 nitrogen and oxygen atoms in total. The lowest BCUT2D eigenvalue weighted by Crippen LogP contribution is -1.93. The molecule has 0 bridgehead atoms. The minimum atomic E-state index is -0.549. The van der Waals surface area contributed by atoms with Crippen LogP contribution >= 0.6 is 0 Å². The molecule has 0 atom stereocenters. The number of carbonyl (C=O) groups excluding carboxylic acids is 1. The highest BCUT2D eigenvalue weighted by atomic mass is 19.1. The zero-order chi connectivity index (χ0) is 9.14. The largest absolute Gasteiger partial charge is 0.294 e. The van der Waals surface area contributed by atoms with E-state index in [-0.39, 0.29) is 17.0 Å². The van der Waals surface area contributed by atoms with Gasteiger partial charge in [-0.15, -0.1) is 4.91 Å². The van der Waals surface area contributed by atoms with Gasteiger partial charge in [-0.3, -0.25) is 4.79 Å². The standard InChI is InChI=1S/C8H6FNO2/c1-5(11)7-4-6(9)2-3-8(7)10-12/h2-4H,1H3. The molecule has 4 heteroatoms. The van der Waals surface area contributed by atoms with E-state index in [1.807, 2.05) is 0 Å². The average Bonchev–Trinajstić information content (AvgIpc) is 2.04. The molecule has 1 rings (SSSR count). The van der Waals surface area contributed by atoms with E-state index < -0.39 is 5.82 Å². The third-order valence-electron chi connectivity index (χ3n) is 1.44. The van der Waals surface area contributed by atoms with Crippen molar-refractivity contribution in [3.05, 3.63) is 34.5 Å². The fraction of sp³-hybridized carbons (Fsp3) is 0.125. The van der Waals surface area contributed by atoms with Gasteiger partial charge in [0.25, 0.3) is 0 Å².